The molecule has 178 valence electrons. The highest BCUT2D eigenvalue weighted by Gasteiger charge is 2.20. The Bertz CT molecular complexity index is 1300. The molecule has 9 nitrogen and oxygen atoms in total. The smallest absolute Gasteiger partial charge is 0.387 e. The molecule has 0 spiro atoms. The number of amides is 1. The van der Waals surface area contributed by atoms with Crippen molar-refractivity contribution in [3.63, 3.8) is 0 Å². The molecule has 3 aromatic rings. The van der Waals surface area contributed by atoms with Gasteiger partial charge < -0.3 is 14.2 Å². The van der Waals surface area contributed by atoms with Crippen LogP contribution in [-0.2, 0) is 10.1 Å². The minimum absolute atomic E-state index is 0.0416. The van der Waals surface area contributed by atoms with Crippen molar-refractivity contribution in [1.82, 2.24) is 5.32 Å². The third kappa shape index (κ3) is 6.25. The lowest BCUT2D eigenvalue weighted by Crippen LogP contribution is -2.26. The van der Waals surface area contributed by atoms with E-state index < -0.39 is 44.2 Å². The fraction of sp³-hybridized carbons (Fsp3) is 0.136. The first kappa shape index (κ1) is 24.6. The number of hydrogen-bond donors (Lipinski definition) is 1. The number of benzene rings is 3. The van der Waals surface area contributed by atoms with Gasteiger partial charge in [0.15, 0.2) is 0 Å². The molecule has 0 heterocycles. The molecular weight excluding hydrogens is 474 g/mol. The molecule has 1 N–H and O–H groups in total. The molecule has 0 aliphatic rings. The molecule has 12 heteroatoms. The molecule has 0 bridgehead atoms. The number of nitrogens with one attached hydrogen (secondary N) is 1. The normalized spacial score (nSPS) is 12.1. The minimum Gasteiger partial charge on any atom is -0.435 e. The number of carbonyl (C=O) groups is 1. The van der Waals surface area contributed by atoms with Crippen LogP contribution >= 0.6 is 0 Å². The van der Waals surface area contributed by atoms with Gasteiger partial charge in [-0.25, -0.2) is 0 Å². The van der Waals surface area contributed by atoms with Crippen LogP contribution in [0.25, 0.3) is 0 Å². The summed E-state index contributed by atoms with van der Waals surface area (Å²) in [5.74, 6) is -0.645. The van der Waals surface area contributed by atoms with Gasteiger partial charge in [0.1, 0.15) is 16.4 Å². The molecule has 0 radical (unpaired) electrons. The first-order valence-corrected chi connectivity index (χ1v) is 11.1. The molecule has 1 unspecified atom stereocenters. The third-order valence-electron chi connectivity index (χ3n) is 4.57. The van der Waals surface area contributed by atoms with Gasteiger partial charge in [0.25, 0.3) is 11.6 Å². The van der Waals surface area contributed by atoms with Crippen molar-refractivity contribution >= 4 is 21.7 Å². The lowest BCUT2D eigenvalue weighted by molar-refractivity contribution is -0.385. The lowest BCUT2D eigenvalue weighted by Gasteiger charge is -2.16. The van der Waals surface area contributed by atoms with E-state index in [1.54, 1.807) is 13.0 Å². The van der Waals surface area contributed by atoms with Crippen LogP contribution in [-0.4, -0.2) is 25.9 Å². The molecule has 0 fully saturated rings. The Morgan fingerprint density at radius 2 is 1.68 bits per heavy atom. The van der Waals surface area contributed by atoms with Crippen molar-refractivity contribution in [2.45, 2.75) is 24.5 Å². The quantitative estimate of drug-likeness (QED) is 0.266. The van der Waals surface area contributed by atoms with E-state index in [1.165, 1.54) is 48.5 Å². The first-order valence-electron chi connectivity index (χ1n) is 9.70. The average Bonchev–Trinajstić information content (AvgIpc) is 2.79. The number of carbonyl (C=O) groups excluding carboxylic acids is 1. The molecule has 0 saturated carbocycles. The predicted octanol–water partition coefficient (Wildman–Crippen LogP) is 4.45. The molecule has 0 aliphatic heterocycles. The summed E-state index contributed by atoms with van der Waals surface area (Å²) in [6, 6.07) is 14.9. The topological polar surface area (TPSA) is 125 Å². The van der Waals surface area contributed by atoms with Gasteiger partial charge in [-0.15, -0.1) is 0 Å². The zero-order valence-corrected chi connectivity index (χ0v) is 18.4. The van der Waals surface area contributed by atoms with Crippen LogP contribution < -0.4 is 14.2 Å². The summed E-state index contributed by atoms with van der Waals surface area (Å²) < 4.78 is 59.0. The Hall–Kier alpha value is -4.06. The van der Waals surface area contributed by atoms with E-state index >= 15 is 0 Å². The number of halogens is 2. The highest BCUT2D eigenvalue weighted by molar-refractivity contribution is 7.87. The van der Waals surface area contributed by atoms with Crippen molar-refractivity contribution in [2.75, 3.05) is 0 Å². The van der Waals surface area contributed by atoms with Gasteiger partial charge in [-0.2, -0.15) is 17.2 Å². The molecular formula is C22H18F2N2O7S. The molecule has 1 amide bonds. The number of alkyl halides is 2. The van der Waals surface area contributed by atoms with Crippen LogP contribution in [0.2, 0.25) is 0 Å². The second-order valence-electron chi connectivity index (χ2n) is 6.96. The number of nitro groups is 1. The standard InChI is InChI=1S/C22H18F2N2O7S/c1-14(16-4-2-6-19(12-16)32-22(23)24)25-21(27)15-8-10-18(11-9-15)33-34(30,31)20-7-3-5-17(13-20)26(28)29/h2-14,22H,1H3,(H,25,27). The molecule has 3 aromatic carbocycles. The van der Waals surface area contributed by atoms with Crippen molar-refractivity contribution in [1.29, 1.82) is 0 Å². The fourth-order valence-corrected chi connectivity index (χ4v) is 3.88. The first-order chi connectivity index (χ1) is 16.0. The highest BCUT2D eigenvalue weighted by atomic mass is 32.2. The molecule has 0 aromatic heterocycles. The van der Waals surface area contributed by atoms with Crippen LogP contribution in [0.5, 0.6) is 11.5 Å². The number of rotatable bonds is 9. The second kappa shape index (κ2) is 10.3. The predicted molar refractivity (Wildman–Crippen MR) is 116 cm³/mol. The van der Waals surface area contributed by atoms with Crippen molar-refractivity contribution in [2.24, 2.45) is 0 Å². The molecule has 0 saturated heterocycles. The number of non-ortho nitro benzene ring substituents is 1. The number of nitrogens with zero attached hydrogens (tertiary/aromatic N) is 1. The summed E-state index contributed by atoms with van der Waals surface area (Å²) in [6.07, 6.45) is 0. The lowest BCUT2D eigenvalue weighted by atomic mass is 10.1. The van der Waals surface area contributed by atoms with E-state index in [-0.39, 0.29) is 17.1 Å². The van der Waals surface area contributed by atoms with Crippen molar-refractivity contribution < 1.29 is 35.8 Å². The molecule has 3 rings (SSSR count). The van der Waals surface area contributed by atoms with Gasteiger partial charge in [0, 0.05) is 17.7 Å². The van der Waals surface area contributed by atoms with E-state index in [4.69, 9.17) is 4.18 Å². The van der Waals surface area contributed by atoms with Crippen LogP contribution in [0.1, 0.15) is 28.9 Å². The maximum absolute atomic E-state index is 12.5. The van der Waals surface area contributed by atoms with Gasteiger partial charge in [0.05, 0.1) is 11.0 Å². The Labute approximate surface area is 193 Å². The number of nitro benzene ring substituents is 1. The summed E-state index contributed by atoms with van der Waals surface area (Å²) in [5, 5.41) is 13.6. The summed E-state index contributed by atoms with van der Waals surface area (Å²) in [5.41, 5.74) is 0.318. The third-order valence-corrected chi connectivity index (χ3v) is 5.81. The van der Waals surface area contributed by atoms with E-state index in [2.05, 4.69) is 10.1 Å². The van der Waals surface area contributed by atoms with Gasteiger partial charge in [-0.1, -0.05) is 18.2 Å². The van der Waals surface area contributed by atoms with Crippen LogP contribution in [0.4, 0.5) is 14.5 Å². The fourth-order valence-electron chi connectivity index (χ4n) is 2.91. The van der Waals surface area contributed by atoms with E-state index in [1.807, 2.05) is 0 Å². The number of hydrogen-bond acceptors (Lipinski definition) is 7. The molecule has 34 heavy (non-hydrogen) atoms. The van der Waals surface area contributed by atoms with Gasteiger partial charge in [0.2, 0.25) is 0 Å². The summed E-state index contributed by atoms with van der Waals surface area (Å²) in [7, 11) is -4.34. The van der Waals surface area contributed by atoms with Crippen molar-refractivity contribution in [3.8, 4) is 11.5 Å². The summed E-state index contributed by atoms with van der Waals surface area (Å²) >= 11 is 0. The summed E-state index contributed by atoms with van der Waals surface area (Å²) in [6.45, 7) is -1.32. The maximum atomic E-state index is 12.5. The Balaban J connectivity index is 1.67. The van der Waals surface area contributed by atoms with Gasteiger partial charge in [-0.05, 0) is 55.0 Å². The number of ether oxygens (including phenoxy) is 1. The van der Waals surface area contributed by atoms with Gasteiger partial charge in [-0.3, -0.25) is 14.9 Å². The zero-order chi connectivity index (χ0) is 24.9. The average molecular weight is 492 g/mol. The zero-order valence-electron chi connectivity index (χ0n) is 17.6. The highest BCUT2D eigenvalue weighted by Crippen LogP contribution is 2.24. The molecule has 1 atom stereocenters. The van der Waals surface area contributed by atoms with Crippen LogP contribution in [0, 0.1) is 10.1 Å². The Kier molecular flexibility index (Phi) is 7.41. The van der Waals surface area contributed by atoms with E-state index in [0.717, 1.165) is 18.2 Å². The van der Waals surface area contributed by atoms with E-state index in [0.29, 0.717) is 5.56 Å². The largest absolute Gasteiger partial charge is 0.435 e. The minimum atomic E-state index is -4.34. The molecule has 0 aliphatic carbocycles. The van der Waals surface area contributed by atoms with Crippen LogP contribution in [0.15, 0.2) is 77.7 Å². The Morgan fingerprint density at radius 1 is 1.00 bits per heavy atom. The monoisotopic (exact) mass is 492 g/mol. The van der Waals surface area contributed by atoms with Gasteiger partial charge >= 0.3 is 16.7 Å². The van der Waals surface area contributed by atoms with E-state index in [9.17, 15) is 32.1 Å². The summed E-state index contributed by atoms with van der Waals surface area (Å²) in [4.78, 5) is 22.3. The Morgan fingerprint density at radius 3 is 2.32 bits per heavy atom. The second-order valence-corrected chi connectivity index (χ2v) is 8.51. The van der Waals surface area contributed by atoms with Crippen LogP contribution in [0.3, 0.4) is 0 Å². The SMILES string of the molecule is CC(NC(=O)c1ccc(OS(=O)(=O)c2cccc([N+](=O)[O-])c2)cc1)c1cccc(OC(F)F)c1. The van der Waals surface area contributed by atoms with Crippen molar-refractivity contribution in [3.05, 3.63) is 94.0 Å². The maximum Gasteiger partial charge on any atom is 0.387 e.